The molecule has 0 saturated carbocycles. The molecule has 4 nitrogen and oxygen atoms in total. The van der Waals surface area contributed by atoms with Crippen LogP contribution in [0.1, 0.15) is 22.3 Å². The molecular formula is C18H19BrN4. The Hall–Kier alpha value is -1.98. The number of fused-ring (bicyclic) bond motifs is 1. The molecule has 2 aromatic carbocycles. The number of benzene rings is 2. The van der Waals surface area contributed by atoms with E-state index in [9.17, 15) is 0 Å². The number of hydrazine groups is 1. The monoisotopic (exact) mass is 370 g/mol. The van der Waals surface area contributed by atoms with Crippen LogP contribution in [0.4, 0.5) is 5.69 Å². The molecule has 0 aliphatic carbocycles. The number of halogens is 1. The molecule has 1 aliphatic rings. The van der Waals surface area contributed by atoms with E-state index in [1.807, 2.05) is 12.1 Å². The third-order valence-corrected chi connectivity index (χ3v) is 4.52. The maximum Gasteiger partial charge on any atom is 0.140 e. The van der Waals surface area contributed by atoms with Crippen LogP contribution in [-0.4, -0.2) is 30.1 Å². The molecule has 2 aromatic rings. The van der Waals surface area contributed by atoms with Crippen LogP contribution >= 0.6 is 15.9 Å². The predicted molar refractivity (Wildman–Crippen MR) is 99.6 cm³/mol. The maximum atomic E-state index is 5.88. The third-order valence-electron chi connectivity index (χ3n) is 4.03. The topological polar surface area (TPSA) is 54.0 Å². The largest absolute Gasteiger partial charge is 0.300 e. The molecule has 1 heterocycles. The van der Waals surface area contributed by atoms with Crippen molar-refractivity contribution < 1.29 is 0 Å². The standard InChI is InChI=1S/C18H19BrN4/c1-11-4-5-13(8-12(11)2)18-15-7-6-14(19)9-16(15)22-17(10-21-18)23(3)20/h4-9H,10,20H2,1-3H3. The highest BCUT2D eigenvalue weighted by Gasteiger charge is 2.17. The van der Waals surface area contributed by atoms with E-state index >= 15 is 0 Å². The van der Waals surface area contributed by atoms with Crippen molar-refractivity contribution in [2.24, 2.45) is 15.8 Å². The third kappa shape index (κ3) is 3.21. The van der Waals surface area contributed by atoms with Gasteiger partial charge in [0.15, 0.2) is 0 Å². The van der Waals surface area contributed by atoms with Crippen molar-refractivity contribution in [3.05, 3.63) is 63.1 Å². The molecule has 1 aliphatic heterocycles. The fourth-order valence-electron chi connectivity index (χ4n) is 2.53. The highest BCUT2D eigenvalue weighted by molar-refractivity contribution is 9.10. The summed E-state index contributed by atoms with van der Waals surface area (Å²) in [5.41, 5.74) is 6.49. The van der Waals surface area contributed by atoms with Gasteiger partial charge in [-0.05, 0) is 49.2 Å². The summed E-state index contributed by atoms with van der Waals surface area (Å²) in [5, 5.41) is 1.53. The lowest BCUT2D eigenvalue weighted by Crippen LogP contribution is -2.34. The number of aliphatic imine (C=N–C) groups is 2. The summed E-state index contributed by atoms with van der Waals surface area (Å²) in [6, 6.07) is 12.5. The average molecular weight is 371 g/mol. The van der Waals surface area contributed by atoms with E-state index in [1.54, 1.807) is 7.05 Å². The minimum Gasteiger partial charge on any atom is -0.300 e. The van der Waals surface area contributed by atoms with Gasteiger partial charge in [0.1, 0.15) is 5.84 Å². The maximum absolute atomic E-state index is 5.88. The van der Waals surface area contributed by atoms with Crippen LogP contribution < -0.4 is 5.84 Å². The second-order valence-electron chi connectivity index (χ2n) is 5.76. The Balaban J connectivity index is 2.18. The molecule has 0 atom stereocenters. The molecule has 5 heteroatoms. The summed E-state index contributed by atoms with van der Waals surface area (Å²) in [6.45, 7) is 4.69. The summed E-state index contributed by atoms with van der Waals surface area (Å²) < 4.78 is 0.986. The average Bonchev–Trinajstić information content (AvgIpc) is 2.69. The van der Waals surface area contributed by atoms with Gasteiger partial charge in [-0.1, -0.05) is 28.1 Å². The van der Waals surface area contributed by atoms with Gasteiger partial charge < -0.3 is 0 Å². The smallest absolute Gasteiger partial charge is 0.140 e. The second-order valence-corrected chi connectivity index (χ2v) is 6.68. The van der Waals surface area contributed by atoms with Crippen LogP contribution in [0.15, 0.2) is 50.9 Å². The Morgan fingerprint density at radius 3 is 2.57 bits per heavy atom. The summed E-state index contributed by atoms with van der Waals surface area (Å²) >= 11 is 3.52. The van der Waals surface area contributed by atoms with Crippen LogP contribution in [0.3, 0.4) is 0 Å². The number of hydrogen-bond acceptors (Lipinski definition) is 4. The number of nitrogens with two attached hydrogens (primary N) is 1. The van der Waals surface area contributed by atoms with Crippen LogP contribution in [0, 0.1) is 13.8 Å². The lowest BCUT2D eigenvalue weighted by atomic mass is 9.97. The summed E-state index contributed by atoms with van der Waals surface area (Å²) in [7, 11) is 1.78. The van der Waals surface area contributed by atoms with Gasteiger partial charge in [0, 0.05) is 22.6 Å². The number of aryl methyl sites for hydroxylation is 2. The molecule has 0 aromatic heterocycles. The first-order valence-corrected chi connectivity index (χ1v) is 8.23. The zero-order valence-electron chi connectivity index (χ0n) is 13.5. The first-order chi connectivity index (χ1) is 11.0. The van der Waals surface area contributed by atoms with E-state index in [0.29, 0.717) is 6.54 Å². The zero-order chi connectivity index (χ0) is 16.6. The van der Waals surface area contributed by atoms with Gasteiger partial charge in [0.2, 0.25) is 0 Å². The van der Waals surface area contributed by atoms with Crippen molar-refractivity contribution in [3.8, 4) is 0 Å². The number of nitrogens with zero attached hydrogens (tertiary/aromatic N) is 3. The van der Waals surface area contributed by atoms with E-state index in [1.165, 1.54) is 16.1 Å². The van der Waals surface area contributed by atoms with Gasteiger partial charge in [0.25, 0.3) is 0 Å². The predicted octanol–water partition coefficient (Wildman–Crippen LogP) is 3.75. The molecule has 0 saturated heterocycles. The highest BCUT2D eigenvalue weighted by atomic mass is 79.9. The van der Waals surface area contributed by atoms with E-state index in [2.05, 4.69) is 59.0 Å². The number of likely N-dealkylation sites (N-methyl/N-ethyl adjacent to an activating group) is 1. The summed E-state index contributed by atoms with van der Waals surface area (Å²) in [6.07, 6.45) is 0. The van der Waals surface area contributed by atoms with Gasteiger partial charge in [-0.2, -0.15) is 0 Å². The molecule has 0 radical (unpaired) electrons. The fraction of sp³-hybridized carbons (Fsp3) is 0.222. The highest BCUT2D eigenvalue weighted by Crippen LogP contribution is 2.29. The van der Waals surface area contributed by atoms with Crippen molar-refractivity contribution >= 4 is 33.2 Å². The Bertz CT molecular complexity index is 822. The molecule has 23 heavy (non-hydrogen) atoms. The fourth-order valence-corrected chi connectivity index (χ4v) is 2.88. The Morgan fingerprint density at radius 2 is 1.87 bits per heavy atom. The van der Waals surface area contributed by atoms with Gasteiger partial charge in [-0.25, -0.2) is 10.8 Å². The quantitative estimate of drug-likeness (QED) is 0.613. The lowest BCUT2D eigenvalue weighted by Gasteiger charge is -2.12. The van der Waals surface area contributed by atoms with Gasteiger partial charge in [-0.15, -0.1) is 0 Å². The van der Waals surface area contributed by atoms with Crippen LogP contribution in [0.25, 0.3) is 0 Å². The Labute approximate surface area is 144 Å². The number of rotatable bonds is 1. The molecule has 0 amide bonds. The van der Waals surface area contributed by atoms with Crippen molar-refractivity contribution in [2.75, 3.05) is 13.6 Å². The molecule has 0 unspecified atom stereocenters. The molecular weight excluding hydrogens is 352 g/mol. The van der Waals surface area contributed by atoms with Gasteiger partial charge >= 0.3 is 0 Å². The first-order valence-electron chi connectivity index (χ1n) is 7.43. The van der Waals surface area contributed by atoms with Crippen molar-refractivity contribution in [1.29, 1.82) is 0 Å². The Morgan fingerprint density at radius 1 is 1.09 bits per heavy atom. The minimum absolute atomic E-state index is 0.460. The summed E-state index contributed by atoms with van der Waals surface area (Å²) in [4.78, 5) is 9.47. The second kappa shape index (κ2) is 6.26. The van der Waals surface area contributed by atoms with Crippen molar-refractivity contribution in [2.45, 2.75) is 13.8 Å². The normalized spacial score (nSPS) is 13.8. The zero-order valence-corrected chi connectivity index (χ0v) is 15.1. The van der Waals surface area contributed by atoms with Crippen LogP contribution in [0.5, 0.6) is 0 Å². The van der Waals surface area contributed by atoms with Crippen molar-refractivity contribution in [3.63, 3.8) is 0 Å². The molecule has 0 bridgehead atoms. The molecule has 2 N–H and O–H groups in total. The number of hydrogen-bond donors (Lipinski definition) is 1. The van der Waals surface area contributed by atoms with E-state index in [0.717, 1.165) is 32.8 Å². The lowest BCUT2D eigenvalue weighted by molar-refractivity contribution is 0.531. The summed E-state index contributed by atoms with van der Waals surface area (Å²) in [5.74, 6) is 6.62. The molecule has 118 valence electrons. The number of amidine groups is 1. The molecule has 3 rings (SSSR count). The first kappa shape index (κ1) is 15.9. The van der Waals surface area contributed by atoms with Crippen LogP contribution in [0.2, 0.25) is 0 Å². The van der Waals surface area contributed by atoms with E-state index in [4.69, 9.17) is 10.8 Å². The SMILES string of the molecule is Cc1ccc(C2=NCC(N(C)N)=Nc3cc(Br)ccc32)cc1C. The Kier molecular flexibility index (Phi) is 4.33. The van der Waals surface area contributed by atoms with Crippen LogP contribution in [-0.2, 0) is 0 Å². The minimum atomic E-state index is 0.460. The van der Waals surface area contributed by atoms with E-state index in [-0.39, 0.29) is 0 Å². The van der Waals surface area contributed by atoms with Gasteiger partial charge in [0.05, 0.1) is 17.9 Å². The molecule has 0 spiro atoms. The van der Waals surface area contributed by atoms with Crippen molar-refractivity contribution in [1.82, 2.24) is 5.01 Å². The van der Waals surface area contributed by atoms with Gasteiger partial charge in [-0.3, -0.25) is 10.0 Å². The molecule has 0 fully saturated rings. The van der Waals surface area contributed by atoms with E-state index < -0.39 is 0 Å².